The fourth-order valence-electron chi connectivity index (χ4n) is 0.685. The van der Waals surface area contributed by atoms with E-state index in [1.54, 1.807) is 26.0 Å². The van der Waals surface area contributed by atoms with Crippen LogP contribution in [0.3, 0.4) is 0 Å². The number of nitrogens with two attached hydrogens (primary N) is 1. The molecule has 0 aromatic carbocycles. The van der Waals surface area contributed by atoms with Crippen LogP contribution in [0.5, 0.6) is 0 Å². The molecule has 0 bridgehead atoms. The number of halogens is 1. The molecule has 0 fully saturated rings. The summed E-state index contributed by atoms with van der Waals surface area (Å²) in [6.07, 6.45) is 5.94. The smallest absolute Gasteiger partial charge is 0.399 e. The van der Waals surface area contributed by atoms with E-state index >= 15 is 0 Å². The normalized spacial score (nSPS) is 10.9. The number of nitrogens with zero attached hydrogens (tertiary/aromatic N) is 2. The average molecular weight is 281 g/mol. The second-order valence-corrected chi connectivity index (χ2v) is 1.84. The van der Waals surface area contributed by atoms with E-state index < -0.39 is 0 Å². The van der Waals surface area contributed by atoms with E-state index in [9.17, 15) is 0 Å². The van der Waals surface area contributed by atoms with Gasteiger partial charge in [-0.1, -0.05) is 6.08 Å². The molecule has 0 aliphatic heterocycles. The quantitative estimate of drug-likeness (QED) is 0.315. The molecule has 0 aromatic heterocycles. The van der Waals surface area contributed by atoms with Crippen molar-refractivity contribution < 1.29 is 24.3 Å². The van der Waals surface area contributed by atoms with Crippen molar-refractivity contribution in [3.05, 3.63) is 43.3 Å². The molecule has 0 atom stereocenters. The molecule has 3 nitrogen and oxygen atoms in total. The van der Waals surface area contributed by atoms with Gasteiger partial charge in [-0.15, -0.1) is 12.4 Å². The molecule has 2 N–H and O–H groups in total. The molecule has 0 heterocycles. The van der Waals surface area contributed by atoms with Crippen molar-refractivity contribution in [2.75, 3.05) is 0 Å². The Kier molecular flexibility index (Phi) is 30.7. The van der Waals surface area contributed by atoms with Crippen molar-refractivity contribution in [2.45, 2.75) is 20.3 Å². The molecular formula is C10H18ClN3Zn. The van der Waals surface area contributed by atoms with Gasteiger partial charge in [-0.2, -0.15) is 18.6 Å². The van der Waals surface area contributed by atoms with Gasteiger partial charge in [0.05, 0.1) is 6.42 Å². The molecule has 0 saturated carbocycles. The molecule has 0 amide bonds. The summed E-state index contributed by atoms with van der Waals surface area (Å²) in [6.45, 7) is 10.0. The first-order valence-corrected chi connectivity index (χ1v) is 4.09. The maximum absolute atomic E-state index is 8.26. The average Bonchev–Trinajstić information content (AvgIpc) is 2.24. The van der Waals surface area contributed by atoms with Crippen LogP contribution in [0.25, 0.3) is 5.53 Å². The SMILES string of the molecule is Cl.[CH2-]C.[CH2-]C.[N-]=[N+]=C1C=C(N)C=CC1.[Zn+2]. The van der Waals surface area contributed by atoms with Gasteiger partial charge in [-0.3, -0.25) is 0 Å². The Labute approximate surface area is 112 Å². The summed E-state index contributed by atoms with van der Waals surface area (Å²) in [5, 5.41) is 0. The van der Waals surface area contributed by atoms with E-state index in [-0.39, 0.29) is 31.9 Å². The molecule has 5 heteroatoms. The number of rotatable bonds is 0. The van der Waals surface area contributed by atoms with Crippen LogP contribution in [0.4, 0.5) is 0 Å². The molecular weight excluding hydrogens is 263 g/mol. The minimum atomic E-state index is 0. The standard InChI is InChI=1S/C6H7N3.2C2H5.ClH.Zn/c7-5-2-1-3-6(4-5)9-8;2*1-2;;/h1-2,4H,3,7H2;2*1H2,2H3;1H;/q;2*-1;;+2. The third kappa shape index (κ3) is 13.6. The summed E-state index contributed by atoms with van der Waals surface area (Å²) >= 11 is 0. The summed E-state index contributed by atoms with van der Waals surface area (Å²) < 4.78 is 0. The van der Waals surface area contributed by atoms with E-state index in [4.69, 9.17) is 11.3 Å². The molecule has 1 aliphatic rings. The topological polar surface area (TPSA) is 62.4 Å². The summed E-state index contributed by atoms with van der Waals surface area (Å²) in [7, 11) is 0. The third-order valence-corrected chi connectivity index (χ3v) is 1.10. The predicted octanol–water partition coefficient (Wildman–Crippen LogP) is 2.56. The van der Waals surface area contributed by atoms with Crippen LogP contribution in [0.15, 0.2) is 23.9 Å². The summed E-state index contributed by atoms with van der Waals surface area (Å²) in [5.74, 6) is 0. The van der Waals surface area contributed by atoms with Gasteiger partial charge in [-0.05, 0) is 6.08 Å². The second kappa shape index (κ2) is 19.2. The second-order valence-electron chi connectivity index (χ2n) is 1.84. The van der Waals surface area contributed by atoms with E-state index in [1.165, 1.54) is 0 Å². The Morgan fingerprint density at radius 2 is 1.80 bits per heavy atom. The third-order valence-electron chi connectivity index (χ3n) is 1.10. The number of allylic oxidation sites excluding steroid dienone is 3. The maximum atomic E-state index is 8.26. The first-order valence-electron chi connectivity index (χ1n) is 4.09. The molecule has 0 aromatic rings. The molecule has 1 rings (SSSR count). The Hall–Kier alpha value is -0.427. The largest absolute Gasteiger partial charge is 2.00 e. The monoisotopic (exact) mass is 279 g/mol. The summed E-state index contributed by atoms with van der Waals surface area (Å²) in [5.41, 5.74) is 14.9. The zero-order chi connectivity index (χ0) is 10.7. The predicted molar refractivity (Wildman–Crippen MR) is 64.0 cm³/mol. The van der Waals surface area contributed by atoms with Gasteiger partial charge in [0.1, 0.15) is 0 Å². The molecule has 0 radical (unpaired) electrons. The molecule has 82 valence electrons. The molecule has 0 unspecified atom stereocenters. The minimum absolute atomic E-state index is 0. The molecule has 1 aliphatic carbocycles. The zero-order valence-electron chi connectivity index (χ0n) is 9.44. The van der Waals surface area contributed by atoms with Crippen LogP contribution in [-0.4, -0.2) is 10.5 Å². The maximum Gasteiger partial charge on any atom is 2.00 e. The van der Waals surface area contributed by atoms with Crippen LogP contribution in [0, 0.1) is 13.8 Å². The molecule has 0 spiro atoms. The van der Waals surface area contributed by atoms with Crippen molar-refractivity contribution in [1.29, 1.82) is 0 Å². The Morgan fingerprint density at radius 1 is 1.33 bits per heavy atom. The van der Waals surface area contributed by atoms with E-state index in [0.717, 1.165) is 0 Å². The van der Waals surface area contributed by atoms with Crippen LogP contribution in [0.2, 0.25) is 0 Å². The van der Waals surface area contributed by atoms with Gasteiger partial charge in [0, 0.05) is 11.8 Å². The van der Waals surface area contributed by atoms with Crippen molar-refractivity contribution in [3.63, 3.8) is 0 Å². The number of hydrogen-bond donors (Lipinski definition) is 1. The van der Waals surface area contributed by atoms with Crippen LogP contribution in [0.1, 0.15) is 20.3 Å². The van der Waals surface area contributed by atoms with Crippen molar-refractivity contribution in [2.24, 2.45) is 5.73 Å². The summed E-state index contributed by atoms with van der Waals surface area (Å²) in [6, 6.07) is 0. The Morgan fingerprint density at radius 3 is 2.07 bits per heavy atom. The van der Waals surface area contributed by atoms with Crippen LogP contribution < -0.4 is 5.73 Å². The molecule has 0 saturated heterocycles. The van der Waals surface area contributed by atoms with E-state index in [0.29, 0.717) is 17.8 Å². The fraction of sp³-hybridized carbons (Fsp3) is 0.300. The van der Waals surface area contributed by atoms with Gasteiger partial charge in [0.25, 0.3) is 5.71 Å². The van der Waals surface area contributed by atoms with Gasteiger partial charge in [0.2, 0.25) is 0 Å². The fourth-order valence-corrected chi connectivity index (χ4v) is 0.685. The van der Waals surface area contributed by atoms with Gasteiger partial charge >= 0.3 is 19.5 Å². The van der Waals surface area contributed by atoms with Crippen molar-refractivity contribution >= 4 is 18.1 Å². The van der Waals surface area contributed by atoms with Gasteiger partial charge in [-0.25, -0.2) is 0 Å². The molecule has 15 heavy (non-hydrogen) atoms. The van der Waals surface area contributed by atoms with Crippen LogP contribution >= 0.6 is 12.4 Å². The van der Waals surface area contributed by atoms with Gasteiger partial charge in [0.15, 0.2) is 0 Å². The minimum Gasteiger partial charge on any atom is -0.399 e. The van der Waals surface area contributed by atoms with Crippen molar-refractivity contribution in [3.8, 4) is 0 Å². The first kappa shape index (κ1) is 24.0. The summed E-state index contributed by atoms with van der Waals surface area (Å²) in [4.78, 5) is 3.01. The van der Waals surface area contributed by atoms with Gasteiger partial charge < -0.3 is 25.1 Å². The van der Waals surface area contributed by atoms with E-state index in [2.05, 4.69) is 18.6 Å². The van der Waals surface area contributed by atoms with E-state index in [1.807, 2.05) is 6.08 Å². The zero-order valence-corrected chi connectivity index (χ0v) is 13.2. The first-order chi connectivity index (χ1) is 6.33. The van der Waals surface area contributed by atoms with Crippen LogP contribution in [-0.2, 0) is 19.5 Å². The Balaban J connectivity index is -0.0000000910. The van der Waals surface area contributed by atoms with Crippen molar-refractivity contribution in [1.82, 2.24) is 0 Å². The Bertz CT molecular complexity index is 231. The number of hydrogen-bond acceptors (Lipinski definition) is 1.